The van der Waals surface area contributed by atoms with Gasteiger partial charge in [-0.25, -0.2) is 8.78 Å². The molecule has 0 saturated heterocycles. The Balaban J connectivity index is 2.33. The standard InChI is InChI=1S/C15H18ClF2N3/c1-3-19-14(15-12(16)9-20-21(15)4-2)7-10-5-6-11(17)8-13(10)18/h5-6,8-9,14,19H,3-4,7H2,1-2H3. The summed E-state index contributed by atoms with van der Waals surface area (Å²) in [6, 6.07) is 3.46. The van der Waals surface area contributed by atoms with Crippen LogP contribution in [-0.2, 0) is 13.0 Å². The lowest BCUT2D eigenvalue weighted by molar-refractivity contribution is 0.479. The predicted molar refractivity (Wildman–Crippen MR) is 79.4 cm³/mol. The lowest BCUT2D eigenvalue weighted by atomic mass is 10.0. The Morgan fingerprint density at radius 2 is 2.10 bits per heavy atom. The molecule has 0 aliphatic heterocycles. The summed E-state index contributed by atoms with van der Waals surface area (Å²) >= 11 is 6.21. The van der Waals surface area contributed by atoms with Crippen LogP contribution >= 0.6 is 11.6 Å². The molecule has 0 aliphatic rings. The molecule has 1 N–H and O–H groups in total. The average Bonchev–Trinajstić information content (AvgIpc) is 2.82. The molecule has 0 radical (unpaired) electrons. The molecule has 2 rings (SSSR count). The van der Waals surface area contributed by atoms with E-state index in [1.165, 1.54) is 12.1 Å². The van der Waals surface area contributed by atoms with E-state index < -0.39 is 11.6 Å². The van der Waals surface area contributed by atoms with Gasteiger partial charge in [0.25, 0.3) is 0 Å². The van der Waals surface area contributed by atoms with Crippen LogP contribution in [-0.4, -0.2) is 16.3 Å². The highest BCUT2D eigenvalue weighted by molar-refractivity contribution is 6.31. The second-order valence-corrected chi connectivity index (χ2v) is 5.15. The zero-order chi connectivity index (χ0) is 15.4. The average molecular weight is 314 g/mol. The van der Waals surface area contributed by atoms with E-state index in [1.807, 2.05) is 13.8 Å². The van der Waals surface area contributed by atoms with Gasteiger partial charge in [0.15, 0.2) is 0 Å². The summed E-state index contributed by atoms with van der Waals surface area (Å²) < 4.78 is 28.6. The molecule has 1 atom stereocenters. The lowest BCUT2D eigenvalue weighted by Crippen LogP contribution is -2.26. The maximum atomic E-state index is 13.9. The zero-order valence-corrected chi connectivity index (χ0v) is 12.8. The van der Waals surface area contributed by atoms with Crippen molar-refractivity contribution >= 4 is 11.6 Å². The number of aryl methyl sites for hydroxylation is 1. The lowest BCUT2D eigenvalue weighted by Gasteiger charge is -2.20. The molecule has 0 aliphatic carbocycles. The molecular weight excluding hydrogens is 296 g/mol. The van der Waals surface area contributed by atoms with Gasteiger partial charge < -0.3 is 5.32 Å². The highest BCUT2D eigenvalue weighted by Gasteiger charge is 2.21. The Morgan fingerprint density at radius 3 is 2.71 bits per heavy atom. The number of benzene rings is 1. The maximum Gasteiger partial charge on any atom is 0.129 e. The molecule has 0 spiro atoms. The Bertz CT molecular complexity index is 613. The minimum atomic E-state index is -0.576. The van der Waals surface area contributed by atoms with Crippen molar-refractivity contribution in [1.82, 2.24) is 15.1 Å². The van der Waals surface area contributed by atoms with Gasteiger partial charge in [-0.2, -0.15) is 5.10 Å². The first-order chi connectivity index (χ1) is 10.1. The van der Waals surface area contributed by atoms with Gasteiger partial charge in [-0.3, -0.25) is 4.68 Å². The molecule has 2 aromatic rings. The summed E-state index contributed by atoms with van der Waals surface area (Å²) in [6.07, 6.45) is 1.97. The third kappa shape index (κ3) is 3.60. The minimum absolute atomic E-state index is 0.176. The zero-order valence-electron chi connectivity index (χ0n) is 12.0. The number of hydrogen-bond donors (Lipinski definition) is 1. The van der Waals surface area contributed by atoms with Gasteiger partial charge in [-0.1, -0.05) is 24.6 Å². The van der Waals surface area contributed by atoms with Gasteiger partial charge in [0.05, 0.1) is 23.0 Å². The van der Waals surface area contributed by atoms with Crippen molar-refractivity contribution in [2.75, 3.05) is 6.54 Å². The number of aromatic nitrogens is 2. The SMILES string of the molecule is CCNC(Cc1ccc(F)cc1F)c1c(Cl)cnn1CC. The Labute approximate surface area is 127 Å². The molecule has 3 nitrogen and oxygen atoms in total. The van der Waals surface area contributed by atoms with E-state index in [-0.39, 0.29) is 6.04 Å². The normalized spacial score (nSPS) is 12.6. The van der Waals surface area contributed by atoms with Crippen LogP contribution < -0.4 is 5.32 Å². The van der Waals surface area contributed by atoms with Crippen LogP contribution in [0.15, 0.2) is 24.4 Å². The van der Waals surface area contributed by atoms with Crippen molar-refractivity contribution < 1.29 is 8.78 Å². The number of halogens is 3. The summed E-state index contributed by atoms with van der Waals surface area (Å²) in [5.74, 6) is -1.12. The number of likely N-dealkylation sites (N-methyl/N-ethyl adjacent to an activating group) is 1. The molecule has 0 bridgehead atoms. The van der Waals surface area contributed by atoms with Gasteiger partial charge in [-0.15, -0.1) is 0 Å². The van der Waals surface area contributed by atoms with Crippen LogP contribution in [0.1, 0.15) is 31.1 Å². The third-order valence-corrected chi connectivity index (χ3v) is 3.64. The van der Waals surface area contributed by atoms with Gasteiger partial charge in [-0.05, 0) is 31.5 Å². The molecule has 1 aromatic heterocycles. The van der Waals surface area contributed by atoms with E-state index in [9.17, 15) is 8.78 Å². The molecule has 1 aromatic carbocycles. The Hall–Kier alpha value is -1.46. The molecule has 0 amide bonds. The fourth-order valence-corrected chi connectivity index (χ4v) is 2.66. The van der Waals surface area contributed by atoms with Crippen molar-refractivity contribution in [1.29, 1.82) is 0 Å². The van der Waals surface area contributed by atoms with Crippen molar-refractivity contribution in [3.63, 3.8) is 0 Å². The molecule has 0 fully saturated rings. The molecule has 0 saturated carbocycles. The topological polar surface area (TPSA) is 29.9 Å². The van der Waals surface area contributed by atoms with Crippen LogP contribution in [0.25, 0.3) is 0 Å². The smallest absolute Gasteiger partial charge is 0.129 e. The molecule has 114 valence electrons. The van der Waals surface area contributed by atoms with Gasteiger partial charge in [0, 0.05) is 12.6 Å². The Kier molecular flexibility index (Phi) is 5.31. The second kappa shape index (κ2) is 7.00. The third-order valence-electron chi connectivity index (χ3n) is 3.35. The van der Waals surface area contributed by atoms with E-state index >= 15 is 0 Å². The van der Waals surface area contributed by atoms with Crippen LogP contribution in [0.2, 0.25) is 5.02 Å². The van der Waals surface area contributed by atoms with Crippen LogP contribution in [0, 0.1) is 11.6 Å². The molecule has 6 heteroatoms. The first-order valence-corrected chi connectivity index (χ1v) is 7.33. The van der Waals surface area contributed by atoms with E-state index in [1.54, 1.807) is 10.9 Å². The van der Waals surface area contributed by atoms with Crippen LogP contribution in [0.3, 0.4) is 0 Å². The number of nitrogens with one attached hydrogen (secondary N) is 1. The van der Waals surface area contributed by atoms with Crippen molar-refractivity contribution in [2.24, 2.45) is 0 Å². The van der Waals surface area contributed by atoms with Crippen LogP contribution in [0.5, 0.6) is 0 Å². The molecule has 1 heterocycles. The van der Waals surface area contributed by atoms with E-state index in [0.29, 0.717) is 30.1 Å². The predicted octanol–water partition coefficient (Wildman–Crippen LogP) is 3.73. The number of nitrogens with zero attached hydrogens (tertiary/aromatic N) is 2. The molecular formula is C15H18ClF2N3. The number of rotatable bonds is 6. The fraction of sp³-hybridized carbons (Fsp3) is 0.400. The summed E-state index contributed by atoms with van der Waals surface area (Å²) in [5, 5.41) is 8.04. The van der Waals surface area contributed by atoms with E-state index in [4.69, 9.17) is 11.6 Å². The van der Waals surface area contributed by atoms with Gasteiger partial charge in [0.2, 0.25) is 0 Å². The van der Waals surface area contributed by atoms with E-state index in [2.05, 4.69) is 10.4 Å². The number of hydrogen-bond acceptors (Lipinski definition) is 2. The quantitative estimate of drug-likeness (QED) is 0.880. The van der Waals surface area contributed by atoms with Crippen LogP contribution in [0.4, 0.5) is 8.78 Å². The molecule has 1 unspecified atom stereocenters. The summed E-state index contributed by atoms with van der Waals surface area (Å²) in [5.41, 5.74) is 1.27. The van der Waals surface area contributed by atoms with Gasteiger partial charge in [0.1, 0.15) is 11.6 Å². The first-order valence-electron chi connectivity index (χ1n) is 6.95. The summed E-state index contributed by atoms with van der Waals surface area (Å²) in [4.78, 5) is 0. The maximum absolute atomic E-state index is 13.9. The second-order valence-electron chi connectivity index (χ2n) is 4.74. The Morgan fingerprint density at radius 1 is 1.33 bits per heavy atom. The summed E-state index contributed by atoms with van der Waals surface area (Å²) in [7, 11) is 0. The fourth-order valence-electron chi connectivity index (χ4n) is 2.39. The highest BCUT2D eigenvalue weighted by Crippen LogP contribution is 2.26. The molecule has 21 heavy (non-hydrogen) atoms. The highest BCUT2D eigenvalue weighted by atomic mass is 35.5. The summed E-state index contributed by atoms with van der Waals surface area (Å²) in [6.45, 7) is 5.32. The van der Waals surface area contributed by atoms with Crippen molar-refractivity contribution in [2.45, 2.75) is 32.9 Å². The monoisotopic (exact) mass is 313 g/mol. The minimum Gasteiger partial charge on any atom is -0.309 e. The van der Waals surface area contributed by atoms with Gasteiger partial charge >= 0.3 is 0 Å². The van der Waals surface area contributed by atoms with E-state index in [0.717, 1.165) is 11.8 Å². The largest absolute Gasteiger partial charge is 0.309 e. The first kappa shape index (κ1) is 15.9. The van der Waals surface area contributed by atoms with Crippen molar-refractivity contribution in [3.8, 4) is 0 Å². The van der Waals surface area contributed by atoms with Crippen molar-refractivity contribution in [3.05, 3.63) is 52.3 Å².